The van der Waals surface area contributed by atoms with Crippen LogP contribution in [-0.4, -0.2) is 18.4 Å². The molecule has 1 aliphatic heterocycles. The summed E-state index contributed by atoms with van der Waals surface area (Å²) in [7, 11) is 0. The van der Waals surface area contributed by atoms with E-state index in [1.807, 2.05) is 43.3 Å². The molecule has 1 saturated heterocycles. The Bertz CT molecular complexity index is 848. The maximum atomic E-state index is 12.7. The van der Waals surface area contributed by atoms with Crippen molar-refractivity contribution in [2.24, 2.45) is 5.92 Å². The topological polar surface area (TPSA) is 49.4 Å². The maximum absolute atomic E-state index is 12.7. The van der Waals surface area contributed by atoms with Crippen molar-refractivity contribution in [1.82, 2.24) is 0 Å². The smallest absolute Gasteiger partial charge is 0.229 e. The quantitative estimate of drug-likeness (QED) is 0.843. The highest BCUT2D eigenvalue weighted by Gasteiger charge is 2.35. The van der Waals surface area contributed by atoms with Gasteiger partial charge in [0.25, 0.3) is 0 Å². The van der Waals surface area contributed by atoms with Gasteiger partial charge in [-0.1, -0.05) is 49.7 Å². The van der Waals surface area contributed by atoms with Gasteiger partial charge in [-0.2, -0.15) is 0 Å². The molecule has 0 saturated carbocycles. The van der Waals surface area contributed by atoms with E-state index in [-0.39, 0.29) is 24.2 Å². The molecular formula is C21H23ClN2O2. The number of anilines is 2. The van der Waals surface area contributed by atoms with E-state index >= 15 is 0 Å². The highest BCUT2D eigenvalue weighted by molar-refractivity contribution is 6.31. The average Bonchev–Trinajstić information content (AvgIpc) is 2.99. The summed E-state index contributed by atoms with van der Waals surface area (Å²) >= 11 is 6.18. The van der Waals surface area contributed by atoms with E-state index in [9.17, 15) is 9.59 Å². The van der Waals surface area contributed by atoms with Gasteiger partial charge in [-0.15, -0.1) is 0 Å². The molecule has 3 rings (SSSR count). The van der Waals surface area contributed by atoms with Gasteiger partial charge in [0.1, 0.15) is 0 Å². The van der Waals surface area contributed by atoms with E-state index in [2.05, 4.69) is 19.2 Å². The molecule has 0 radical (unpaired) electrons. The van der Waals surface area contributed by atoms with Crippen LogP contribution in [0.5, 0.6) is 0 Å². The van der Waals surface area contributed by atoms with Crippen molar-refractivity contribution < 1.29 is 9.59 Å². The summed E-state index contributed by atoms with van der Waals surface area (Å²) in [6.45, 7) is 6.47. The van der Waals surface area contributed by atoms with Gasteiger partial charge in [-0.05, 0) is 42.2 Å². The Morgan fingerprint density at radius 3 is 2.65 bits per heavy atom. The molecule has 1 aliphatic rings. The molecule has 0 spiro atoms. The first-order valence-electron chi connectivity index (χ1n) is 8.83. The fraction of sp³-hybridized carbons (Fsp3) is 0.333. The highest BCUT2D eigenvalue weighted by Crippen LogP contribution is 2.30. The Kier molecular flexibility index (Phi) is 5.33. The van der Waals surface area contributed by atoms with E-state index in [1.165, 1.54) is 0 Å². The maximum Gasteiger partial charge on any atom is 0.229 e. The lowest BCUT2D eigenvalue weighted by Gasteiger charge is -2.18. The number of nitrogens with one attached hydrogen (secondary N) is 1. The molecule has 0 unspecified atom stereocenters. The Morgan fingerprint density at radius 2 is 1.96 bits per heavy atom. The van der Waals surface area contributed by atoms with Crippen molar-refractivity contribution in [2.45, 2.75) is 33.1 Å². The Labute approximate surface area is 159 Å². The van der Waals surface area contributed by atoms with Gasteiger partial charge in [-0.25, -0.2) is 0 Å². The molecule has 2 aromatic rings. The number of carbonyl (C=O) groups excluding carboxylic acids is 2. The molecule has 136 valence electrons. The van der Waals surface area contributed by atoms with Gasteiger partial charge >= 0.3 is 0 Å². The molecule has 0 aromatic heterocycles. The normalized spacial score (nSPS) is 17.0. The molecule has 0 bridgehead atoms. The van der Waals surface area contributed by atoms with Crippen LogP contribution < -0.4 is 10.2 Å². The summed E-state index contributed by atoms with van der Waals surface area (Å²) in [4.78, 5) is 26.8. The molecule has 1 heterocycles. The highest BCUT2D eigenvalue weighted by atomic mass is 35.5. The standard InChI is InChI=1S/C21H23ClN2O2/c1-13(2)17-6-4-5-7-19(17)23-21(26)15-10-20(25)24(12-15)16-9-8-14(3)18(22)11-16/h4-9,11,13,15H,10,12H2,1-3H3,(H,23,26)/t15-/m1/s1. The molecule has 4 nitrogen and oxygen atoms in total. The van der Waals surface area contributed by atoms with Crippen LogP contribution in [0.2, 0.25) is 5.02 Å². The van der Waals surface area contributed by atoms with Gasteiger partial charge in [0, 0.05) is 29.4 Å². The number of hydrogen-bond donors (Lipinski definition) is 1. The summed E-state index contributed by atoms with van der Waals surface area (Å²) in [6.07, 6.45) is 0.209. The molecule has 0 aliphatic carbocycles. The third-order valence-corrected chi connectivity index (χ3v) is 5.21. The molecule has 1 N–H and O–H groups in total. The van der Waals surface area contributed by atoms with Crippen molar-refractivity contribution in [1.29, 1.82) is 0 Å². The van der Waals surface area contributed by atoms with Crippen LogP contribution in [0.25, 0.3) is 0 Å². The van der Waals surface area contributed by atoms with Gasteiger partial charge in [0.15, 0.2) is 0 Å². The number of para-hydroxylation sites is 1. The second kappa shape index (κ2) is 7.50. The third kappa shape index (κ3) is 3.75. The zero-order valence-electron chi connectivity index (χ0n) is 15.3. The zero-order valence-corrected chi connectivity index (χ0v) is 16.0. The molecule has 1 atom stereocenters. The van der Waals surface area contributed by atoms with Crippen molar-refractivity contribution in [2.75, 3.05) is 16.8 Å². The molecular weight excluding hydrogens is 348 g/mol. The number of carbonyl (C=O) groups is 2. The first-order chi connectivity index (χ1) is 12.4. The Morgan fingerprint density at radius 1 is 1.23 bits per heavy atom. The molecule has 2 amide bonds. The molecule has 5 heteroatoms. The first kappa shape index (κ1) is 18.5. The minimum atomic E-state index is -0.372. The number of amides is 2. The number of benzene rings is 2. The number of rotatable bonds is 4. The van der Waals surface area contributed by atoms with Gasteiger partial charge in [-0.3, -0.25) is 9.59 Å². The monoisotopic (exact) mass is 370 g/mol. The zero-order chi connectivity index (χ0) is 18.8. The summed E-state index contributed by atoms with van der Waals surface area (Å²) < 4.78 is 0. The van der Waals surface area contributed by atoms with Crippen LogP contribution >= 0.6 is 11.6 Å². The number of halogens is 1. The summed E-state index contributed by atoms with van der Waals surface area (Å²) in [6, 6.07) is 13.3. The van der Waals surface area contributed by atoms with Crippen LogP contribution in [0.4, 0.5) is 11.4 Å². The molecule has 26 heavy (non-hydrogen) atoms. The van der Waals surface area contributed by atoms with E-state index in [4.69, 9.17) is 11.6 Å². The number of hydrogen-bond acceptors (Lipinski definition) is 2. The van der Waals surface area contributed by atoms with Crippen molar-refractivity contribution in [3.05, 3.63) is 58.6 Å². The number of nitrogens with zero attached hydrogens (tertiary/aromatic N) is 1. The van der Waals surface area contributed by atoms with Crippen molar-refractivity contribution in [3.8, 4) is 0 Å². The van der Waals surface area contributed by atoms with Crippen molar-refractivity contribution >= 4 is 34.8 Å². The average molecular weight is 371 g/mol. The van der Waals surface area contributed by atoms with E-state index in [0.29, 0.717) is 17.5 Å². The van der Waals surface area contributed by atoms with Crippen LogP contribution in [0.3, 0.4) is 0 Å². The van der Waals surface area contributed by atoms with Gasteiger partial charge in [0.05, 0.1) is 5.92 Å². The predicted molar refractivity (Wildman–Crippen MR) is 106 cm³/mol. The van der Waals surface area contributed by atoms with Crippen LogP contribution in [0.15, 0.2) is 42.5 Å². The molecule has 2 aromatic carbocycles. The van der Waals surface area contributed by atoms with Gasteiger partial charge < -0.3 is 10.2 Å². The van der Waals surface area contributed by atoms with E-state index in [0.717, 1.165) is 22.5 Å². The number of aryl methyl sites for hydroxylation is 1. The van der Waals surface area contributed by atoms with E-state index < -0.39 is 0 Å². The lowest BCUT2D eigenvalue weighted by atomic mass is 10.0. The minimum Gasteiger partial charge on any atom is -0.326 e. The lowest BCUT2D eigenvalue weighted by Crippen LogP contribution is -2.28. The second-order valence-corrected chi connectivity index (χ2v) is 7.48. The second-order valence-electron chi connectivity index (χ2n) is 7.07. The van der Waals surface area contributed by atoms with Gasteiger partial charge in [0.2, 0.25) is 11.8 Å². The molecule has 1 fully saturated rings. The Balaban J connectivity index is 1.74. The minimum absolute atomic E-state index is 0.0535. The van der Waals surface area contributed by atoms with Crippen LogP contribution in [-0.2, 0) is 9.59 Å². The summed E-state index contributed by atoms with van der Waals surface area (Å²) in [5, 5.41) is 3.62. The first-order valence-corrected chi connectivity index (χ1v) is 9.21. The summed E-state index contributed by atoms with van der Waals surface area (Å²) in [5.41, 5.74) is 3.61. The fourth-order valence-corrected chi connectivity index (χ4v) is 3.41. The third-order valence-electron chi connectivity index (χ3n) is 4.80. The predicted octanol–water partition coefficient (Wildman–Crippen LogP) is 4.76. The Hall–Kier alpha value is -2.33. The lowest BCUT2D eigenvalue weighted by molar-refractivity contribution is -0.122. The fourth-order valence-electron chi connectivity index (χ4n) is 3.23. The van der Waals surface area contributed by atoms with E-state index in [1.54, 1.807) is 11.0 Å². The van der Waals surface area contributed by atoms with Crippen LogP contribution in [0, 0.1) is 12.8 Å². The van der Waals surface area contributed by atoms with Crippen LogP contribution in [0.1, 0.15) is 37.3 Å². The SMILES string of the molecule is Cc1ccc(N2C[C@H](C(=O)Nc3ccccc3C(C)C)CC2=O)cc1Cl. The summed E-state index contributed by atoms with van der Waals surface area (Å²) in [5.74, 6) is -0.236. The largest absolute Gasteiger partial charge is 0.326 e. The van der Waals surface area contributed by atoms with Crippen molar-refractivity contribution in [3.63, 3.8) is 0 Å².